The van der Waals surface area contributed by atoms with E-state index >= 15 is 24.0 Å². The molecule has 0 bridgehead atoms. The van der Waals surface area contributed by atoms with Crippen molar-refractivity contribution in [2.75, 3.05) is 66.5 Å². The number of hydrogen-bond donors (Lipinski definition) is 23. The van der Waals surface area contributed by atoms with Crippen molar-refractivity contribution in [3.05, 3.63) is 120 Å². The molecule has 141 heavy (non-hydrogen) atoms. The maximum absolute atomic E-state index is 15.2. The van der Waals surface area contributed by atoms with Crippen LogP contribution in [-0.2, 0) is 131 Å². The van der Waals surface area contributed by atoms with E-state index in [4.69, 9.17) is 28.3 Å². The highest BCUT2D eigenvalue weighted by Gasteiger charge is 2.44. The molecule has 27 N–H and O–H groups in total. The lowest BCUT2D eigenvalue weighted by atomic mass is 9.98. The number of rotatable bonds is 33. The van der Waals surface area contributed by atoms with Crippen LogP contribution >= 0.6 is 0 Å². The maximum Gasteiger partial charge on any atom is 0.292 e. The Labute approximate surface area is 811 Å². The highest BCUT2D eigenvalue weighted by molar-refractivity contribution is 6.39. The Hall–Kier alpha value is -15.6. The number of nitrogens with zero attached hydrogens (tertiary/aromatic N) is 5. The third-order valence-electron chi connectivity index (χ3n) is 23.3. The third-order valence-corrected chi connectivity index (χ3v) is 23.3. The number of aromatic amines is 1. The Bertz CT molecular complexity index is 5130. The van der Waals surface area contributed by atoms with Crippen molar-refractivity contribution in [1.82, 2.24) is 109 Å². The van der Waals surface area contributed by atoms with Gasteiger partial charge in [-0.25, -0.2) is 4.98 Å². The van der Waals surface area contributed by atoms with Crippen molar-refractivity contribution in [2.24, 2.45) is 28.9 Å². The molecule has 0 saturated carbocycles. The molecule has 3 aromatic carbocycles. The fourth-order valence-electron chi connectivity index (χ4n) is 15.7. The van der Waals surface area contributed by atoms with Crippen LogP contribution < -0.4 is 103 Å². The first-order chi connectivity index (χ1) is 66.9. The SMILES string of the molecule is CC(=O)N[C@@H](CCC(N)=O)C(=O)N[C@@H](CCCNC(=N)N)C(=O)N[C@@H](Cc1ccccc1)C(=O)N[C@H]1CC(=O)NCCCC[C@@H](C(=O)N[C@@H](CC(N)=O)C(=O)NCC(=O)N2CCC[C@H]2C(N)=O)NC(=O)[C@@H]2CCCN2C(=O)C(=O)[C@H](Cc2ccc(O)cc2)NC(=O)[C@H](CC(C)C)N(C)C(=O)CN(C)C(=O)CNC(=O)[C@H](Cc2ccccc2)NC(=O)[C@H](Cc2c[nH]cn2)NC(=O)CNC(=O)[C@H]([C@@H](C)O)NC1=O. The number of imidazole rings is 1. The minimum atomic E-state index is -2.14. The molecule has 766 valence electrons. The van der Waals surface area contributed by atoms with Crippen LogP contribution in [0.2, 0.25) is 0 Å². The molecule has 0 radical (unpaired) electrons. The third kappa shape index (κ3) is 37.0. The number of likely N-dealkylation sites (N-methyl/N-ethyl adjacent to an activating group) is 2. The molecule has 0 spiro atoms. The van der Waals surface area contributed by atoms with Crippen molar-refractivity contribution in [3.8, 4) is 5.75 Å². The van der Waals surface area contributed by atoms with Gasteiger partial charge in [-0.05, 0) is 112 Å². The molecule has 3 aliphatic rings. The predicted molar refractivity (Wildman–Crippen MR) is 500 cm³/mol. The fraction of sp³-hybridized carbons (Fsp3) is 0.516. The highest BCUT2D eigenvalue weighted by atomic mass is 16.3. The molecule has 4 heterocycles. The summed E-state index contributed by atoms with van der Waals surface area (Å²) in [6.45, 7) is 1.62. The van der Waals surface area contributed by atoms with Gasteiger partial charge in [0.1, 0.15) is 84.3 Å². The van der Waals surface area contributed by atoms with E-state index in [2.05, 4.69) is 89.7 Å². The smallest absolute Gasteiger partial charge is 0.292 e. The molecular formula is C91H128N26O24. The van der Waals surface area contributed by atoms with Crippen molar-refractivity contribution in [1.29, 1.82) is 5.41 Å². The number of H-pyrrole nitrogens is 1. The molecule has 0 aliphatic carbocycles. The first-order valence-corrected chi connectivity index (χ1v) is 46.0. The molecule has 4 aromatic rings. The van der Waals surface area contributed by atoms with Gasteiger partial charge in [0.25, 0.3) is 5.91 Å². The van der Waals surface area contributed by atoms with E-state index in [0.717, 1.165) is 33.4 Å². The maximum atomic E-state index is 15.2. The van der Waals surface area contributed by atoms with Crippen molar-refractivity contribution >= 4 is 136 Å². The quantitative estimate of drug-likeness (QED) is 0.00911. The summed E-state index contributed by atoms with van der Waals surface area (Å²) in [6, 6.07) is -0.227. The van der Waals surface area contributed by atoms with Gasteiger partial charge in [0.05, 0.1) is 57.1 Å². The second-order valence-corrected chi connectivity index (χ2v) is 35.0. The summed E-state index contributed by atoms with van der Waals surface area (Å²) in [6.07, 6.45) is -4.06. The number of phenolic OH excluding ortho intramolecular Hbond substituents is 1. The molecule has 14 atom stereocenters. The number of likely N-dealkylation sites (tertiary alicyclic amines) is 1. The topological polar surface area (TPSA) is 766 Å². The number of hydrogen-bond acceptors (Lipinski definition) is 26. The van der Waals surface area contributed by atoms with Crippen molar-refractivity contribution < 1.29 is 116 Å². The van der Waals surface area contributed by atoms with Crippen LogP contribution in [-0.4, -0.2) is 327 Å². The first kappa shape index (κ1) is 112. The number of aromatic hydroxyl groups is 1. The molecule has 1 aromatic heterocycles. The molecular weight excluding hydrogens is 1840 g/mol. The van der Waals surface area contributed by atoms with Gasteiger partial charge in [0.15, 0.2) is 5.96 Å². The monoisotopic (exact) mass is 1970 g/mol. The lowest BCUT2D eigenvalue weighted by Gasteiger charge is -2.32. The molecule has 3 fully saturated rings. The van der Waals surface area contributed by atoms with Crippen LogP contribution in [0.3, 0.4) is 0 Å². The average molecular weight is 1970 g/mol. The number of Topliss-reactive ketones (excluding diaryl/α,β-unsaturated/α-hetero) is 1. The molecule has 0 unspecified atom stereocenters. The van der Waals surface area contributed by atoms with Crippen LogP contribution in [0.25, 0.3) is 0 Å². The number of primary amides is 3. The van der Waals surface area contributed by atoms with E-state index in [9.17, 15) is 91.7 Å². The lowest BCUT2D eigenvalue weighted by molar-refractivity contribution is -0.149. The van der Waals surface area contributed by atoms with Crippen LogP contribution in [0.15, 0.2) is 97.5 Å². The normalized spacial score (nSPS) is 21.4. The summed E-state index contributed by atoms with van der Waals surface area (Å²) < 4.78 is 0. The summed E-state index contributed by atoms with van der Waals surface area (Å²) in [7, 11) is 2.47. The zero-order chi connectivity index (χ0) is 104. The number of fused-ring (bicyclic) bond motifs is 1. The number of carbonyl (C=O) groups excluding carboxylic acids is 22. The number of nitrogens with two attached hydrogens (primary N) is 4. The number of ketones is 1. The number of phenols is 1. The van der Waals surface area contributed by atoms with E-state index < -0.39 is 292 Å². The fourth-order valence-corrected chi connectivity index (χ4v) is 15.7. The van der Waals surface area contributed by atoms with E-state index in [-0.39, 0.29) is 113 Å². The van der Waals surface area contributed by atoms with E-state index in [1.165, 1.54) is 50.9 Å². The van der Waals surface area contributed by atoms with Gasteiger partial charge in [-0.1, -0.05) is 86.6 Å². The zero-order valence-electron chi connectivity index (χ0n) is 79.2. The number of aliphatic hydroxyl groups excluding tert-OH is 1. The average Bonchev–Trinajstić information content (AvgIpc) is 1.80. The van der Waals surface area contributed by atoms with Crippen molar-refractivity contribution in [3.63, 3.8) is 0 Å². The summed E-state index contributed by atoms with van der Waals surface area (Å²) in [5.41, 5.74) is 23.4. The largest absolute Gasteiger partial charge is 0.508 e. The molecule has 7 rings (SSSR count). The Kier molecular flexibility index (Phi) is 44.4. The summed E-state index contributed by atoms with van der Waals surface area (Å²) in [4.78, 5) is 322. The van der Waals surface area contributed by atoms with Crippen LogP contribution in [0.4, 0.5) is 0 Å². The minimum absolute atomic E-state index is 0.00188. The van der Waals surface area contributed by atoms with Gasteiger partial charge in [-0.15, -0.1) is 0 Å². The van der Waals surface area contributed by atoms with E-state index in [0.29, 0.717) is 17.5 Å². The van der Waals surface area contributed by atoms with Gasteiger partial charge in [0.2, 0.25) is 124 Å². The van der Waals surface area contributed by atoms with Gasteiger partial charge >= 0.3 is 0 Å². The lowest BCUT2D eigenvalue weighted by Crippen LogP contribution is -2.61. The summed E-state index contributed by atoms with van der Waals surface area (Å²) >= 11 is 0. The molecule has 50 heteroatoms. The molecule has 50 nitrogen and oxygen atoms in total. The van der Waals surface area contributed by atoms with E-state index in [1.807, 2.05) is 0 Å². The first-order valence-electron chi connectivity index (χ1n) is 46.0. The van der Waals surface area contributed by atoms with Gasteiger partial charge in [-0.2, -0.15) is 0 Å². The standard InChI is InChI=1S/C91H128N26O24/c1-49(2)36-68-88(139)108-60(37-54-26-28-56(120)29-27-54)77(128)90(141)117-35-17-25-67(117)87(138)107-57(81(132)111-64(41-70(93)122)80(131)102-46-74(126)116-34-16-24-66(116)78(94)129)22-13-14-32-98-71(123)42-65(112-84(135)62(39-53-20-11-8-12-21-53)110-82(133)58(23-15-33-99-91(95)96)106-83(134)59(104-51(4)119)30-31-69(92)121)86(137)113-76(50(3)118)89(140)100-44-72(124)105-63(40-55-43-97-48-103-55)85(136)109-61(38-52-18-9-7-10-19-52)79(130)101-45-73(125)114(5)47-75(127)115(68)6/h7-12,18-21,26-29,43,48-50,57-68,76,118,120H,13-17,22-25,30-42,44-47H2,1-6H3,(H2,92,121)(H2,93,122)(H2,94,129)(H,97,103)(H,98,123)(H,100,140)(H,101,130)(H,102,131)(H,104,119)(H,105,124)(H,106,134)(H,107,138)(H,108,139)(H,109,136)(H,110,133)(H,111,132)(H,112,135)(H,113,137)(H4,95,96,99)/t50-,57+,58+,59+,60+,61+,62+,63+,64+,65+,66+,67+,68+,76+/m1/s1. The molecule has 3 aliphatic heterocycles. The Morgan fingerprint density at radius 3 is 1.82 bits per heavy atom. The number of benzene rings is 3. The minimum Gasteiger partial charge on any atom is -0.508 e. The Morgan fingerprint density at radius 1 is 0.574 bits per heavy atom. The van der Waals surface area contributed by atoms with Gasteiger partial charge < -0.3 is 137 Å². The number of amides is 21. The molecule has 21 amide bonds. The summed E-state index contributed by atoms with van der Waals surface area (Å²) in [5.74, 6) is -24.1. The predicted octanol–water partition coefficient (Wildman–Crippen LogP) is -8.55. The number of carbonyl (C=O) groups is 22. The van der Waals surface area contributed by atoms with E-state index in [1.54, 1.807) is 74.5 Å². The second-order valence-electron chi connectivity index (χ2n) is 35.0. The number of guanidine groups is 1. The molecule has 3 saturated heterocycles. The Balaban J connectivity index is 1.29. The highest BCUT2D eigenvalue weighted by Crippen LogP contribution is 2.23. The van der Waals surface area contributed by atoms with Crippen LogP contribution in [0.5, 0.6) is 5.75 Å². The van der Waals surface area contributed by atoms with Gasteiger partial charge in [0, 0.05) is 85.5 Å². The van der Waals surface area contributed by atoms with Crippen LogP contribution in [0, 0.1) is 11.3 Å². The zero-order valence-corrected chi connectivity index (χ0v) is 79.2. The number of nitrogens with one attached hydrogen (secondary N) is 17. The number of aromatic nitrogens is 2. The second kappa shape index (κ2) is 55.7. The van der Waals surface area contributed by atoms with Gasteiger partial charge in [-0.3, -0.25) is 111 Å². The van der Waals surface area contributed by atoms with Crippen LogP contribution in [0.1, 0.15) is 140 Å². The Morgan fingerprint density at radius 2 is 1.20 bits per heavy atom. The van der Waals surface area contributed by atoms with Crippen molar-refractivity contribution in [2.45, 2.75) is 228 Å². The number of aliphatic hydroxyl groups is 1. The summed E-state index contributed by atoms with van der Waals surface area (Å²) in [5, 5.41) is 66.4.